The van der Waals surface area contributed by atoms with Crippen molar-refractivity contribution in [2.75, 3.05) is 6.54 Å². The van der Waals surface area contributed by atoms with E-state index in [0.717, 1.165) is 27.6 Å². The third-order valence-corrected chi connectivity index (χ3v) is 4.01. The van der Waals surface area contributed by atoms with Crippen molar-refractivity contribution >= 4 is 17.2 Å². The summed E-state index contributed by atoms with van der Waals surface area (Å²) in [5.74, 6) is 0.230. The Kier molecular flexibility index (Phi) is 3.70. The highest BCUT2D eigenvalue weighted by Crippen LogP contribution is 2.30. The van der Waals surface area contributed by atoms with Crippen LogP contribution in [0.5, 0.6) is 0 Å². The number of hydrogen-bond donors (Lipinski definition) is 1. The summed E-state index contributed by atoms with van der Waals surface area (Å²) in [5, 5.41) is 0.729. The molecular formula is C17H18ClN3. The molecule has 1 aromatic carbocycles. The van der Waals surface area contributed by atoms with Gasteiger partial charge in [0, 0.05) is 29.2 Å². The van der Waals surface area contributed by atoms with Crippen molar-refractivity contribution in [2.45, 2.75) is 19.8 Å². The molecule has 2 N–H and O–H groups in total. The first-order valence-electron chi connectivity index (χ1n) is 7.04. The van der Waals surface area contributed by atoms with Gasteiger partial charge in [-0.15, -0.1) is 0 Å². The van der Waals surface area contributed by atoms with Gasteiger partial charge in [-0.3, -0.25) is 0 Å². The predicted octanol–water partition coefficient (Wildman–Crippen LogP) is 4.03. The average molecular weight is 300 g/mol. The maximum Gasteiger partial charge on any atom is 0.137 e. The number of fused-ring (bicyclic) bond motifs is 1. The summed E-state index contributed by atoms with van der Waals surface area (Å²) in [5.41, 5.74) is 11.2. The third-order valence-electron chi connectivity index (χ3n) is 3.76. The second-order valence-corrected chi connectivity index (χ2v) is 5.86. The topological polar surface area (TPSA) is 43.3 Å². The fourth-order valence-corrected chi connectivity index (χ4v) is 2.69. The Bertz CT molecular complexity index is 775. The minimum atomic E-state index is 0.230. The van der Waals surface area contributed by atoms with Crippen molar-refractivity contribution in [3.63, 3.8) is 0 Å². The van der Waals surface area contributed by atoms with Crippen LogP contribution in [0.4, 0.5) is 0 Å². The van der Waals surface area contributed by atoms with Gasteiger partial charge >= 0.3 is 0 Å². The molecule has 0 aliphatic heterocycles. The van der Waals surface area contributed by atoms with Crippen LogP contribution in [0.2, 0.25) is 5.02 Å². The molecule has 0 aliphatic rings. The molecule has 108 valence electrons. The number of hydrogen-bond acceptors (Lipinski definition) is 2. The predicted molar refractivity (Wildman–Crippen MR) is 87.8 cm³/mol. The van der Waals surface area contributed by atoms with Crippen LogP contribution in [0.15, 0.2) is 42.6 Å². The van der Waals surface area contributed by atoms with Crippen LogP contribution in [0.1, 0.15) is 24.1 Å². The largest absolute Gasteiger partial charge is 0.330 e. The van der Waals surface area contributed by atoms with Gasteiger partial charge in [0.2, 0.25) is 0 Å². The van der Waals surface area contributed by atoms with E-state index in [-0.39, 0.29) is 5.92 Å². The minimum Gasteiger partial charge on any atom is -0.330 e. The summed E-state index contributed by atoms with van der Waals surface area (Å²) in [4.78, 5) is 4.81. The molecule has 0 fully saturated rings. The lowest BCUT2D eigenvalue weighted by molar-refractivity contribution is 0.738. The van der Waals surface area contributed by atoms with Crippen molar-refractivity contribution in [3.05, 3.63) is 58.9 Å². The number of aryl methyl sites for hydroxylation is 1. The molecule has 2 heterocycles. The summed E-state index contributed by atoms with van der Waals surface area (Å²) < 4.78 is 2.13. The van der Waals surface area contributed by atoms with Gasteiger partial charge in [0.05, 0.1) is 11.4 Å². The zero-order valence-corrected chi connectivity index (χ0v) is 12.9. The number of pyridine rings is 1. The Balaban J connectivity index is 2.27. The molecule has 0 saturated heterocycles. The maximum absolute atomic E-state index is 5.98. The second-order valence-electron chi connectivity index (χ2n) is 5.42. The van der Waals surface area contributed by atoms with Crippen LogP contribution in [0.3, 0.4) is 0 Å². The number of halogens is 1. The first-order valence-corrected chi connectivity index (χ1v) is 7.42. The molecule has 1 unspecified atom stereocenters. The summed E-state index contributed by atoms with van der Waals surface area (Å²) in [6.07, 6.45) is 2.07. The number of imidazole rings is 1. The van der Waals surface area contributed by atoms with Gasteiger partial charge in [0.25, 0.3) is 0 Å². The van der Waals surface area contributed by atoms with Crippen molar-refractivity contribution in [2.24, 2.45) is 5.73 Å². The molecule has 3 rings (SSSR count). The van der Waals surface area contributed by atoms with E-state index in [2.05, 4.69) is 36.6 Å². The summed E-state index contributed by atoms with van der Waals surface area (Å²) in [7, 11) is 0. The van der Waals surface area contributed by atoms with Crippen LogP contribution < -0.4 is 5.73 Å². The quantitative estimate of drug-likeness (QED) is 0.793. The summed E-state index contributed by atoms with van der Waals surface area (Å²) in [6, 6.07) is 12.0. The van der Waals surface area contributed by atoms with E-state index in [9.17, 15) is 0 Å². The molecule has 0 bridgehead atoms. The second kappa shape index (κ2) is 5.51. The van der Waals surface area contributed by atoms with Crippen LogP contribution in [0, 0.1) is 6.92 Å². The molecule has 0 radical (unpaired) electrons. The van der Waals surface area contributed by atoms with Crippen LogP contribution in [-0.2, 0) is 0 Å². The fourth-order valence-electron chi connectivity index (χ4n) is 2.57. The summed E-state index contributed by atoms with van der Waals surface area (Å²) >= 11 is 5.98. The molecule has 21 heavy (non-hydrogen) atoms. The highest BCUT2D eigenvalue weighted by molar-refractivity contribution is 6.30. The zero-order valence-electron chi connectivity index (χ0n) is 12.2. The van der Waals surface area contributed by atoms with Crippen molar-refractivity contribution in [1.29, 1.82) is 0 Å². The Hall–Kier alpha value is -1.84. The Morgan fingerprint density at radius 2 is 1.95 bits per heavy atom. The third kappa shape index (κ3) is 2.55. The Labute approximate surface area is 129 Å². The van der Waals surface area contributed by atoms with Gasteiger partial charge in [0.1, 0.15) is 5.65 Å². The normalized spacial score (nSPS) is 12.8. The van der Waals surface area contributed by atoms with Crippen molar-refractivity contribution < 1.29 is 0 Å². The van der Waals surface area contributed by atoms with Gasteiger partial charge in [-0.1, -0.05) is 30.7 Å². The minimum absolute atomic E-state index is 0.230. The lowest BCUT2D eigenvalue weighted by Crippen LogP contribution is -2.12. The van der Waals surface area contributed by atoms with E-state index < -0.39 is 0 Å². The highest BCUT2D eigenvalue weighted by atomic mass is 35.5. The molecule has 0 aliphatic carbocycles. The van der Waals surface area contributed by atoms with Crippen LogP contribution in [0.25, 0.3) is 16.9 Å². The molecule has 0 spiro atoms. The molecule has 4 heteroatoms. The SMILES string of the molecule is Cc1ccn2c(C(C)CN)c(-c3ccc(Cl)cc3)nc2c1. The monoisotopic (exact) mass is 299 g/mol. The highest BCUT2D eigenvalue weighted by Gasteiger charge is 2.18. The smallest absolute Gasteiger partial charge is 0.137 e. The van der Waals surface area contributed by atoms with E-state index in [4.69, 9.17) is 22.3 Å². The number of rotatable bonds is 3. The van der Waals surface area contributed by atoms with Crippen molar-refractivity contribution in [3.8, 4) is 11.3 Å². The molecular weight excluding hydrogens is 282 g/mol. The Morgan fingerprint density at radius 1 is 1.24 bits per heavy atom. The number of nitrogens with zero attached hydrogens (tertiary/aromatic N) is 2. The van der Waals surface area contributed by atoms with Crippen molar-refractivity contribution in [1.82, 2.24) is 9.38 Å². The summed E-state index contributed by atoms with van der Waals surface area (Å²) in [6.45, 7) is 4.79. The number of benzene rings is 1. The van der Waals surface area contributed by atoms with Gasteiger partial charge in [-0.05, 0) is 36.8 Å². The molecule has 3 aromatic rings. The molecule has 3 nitrogen and oxygen atoms in total. The van der Waals surface area contributed by atoms with E-state index in [1.54, 1.807) is 0 Å². The lowest BCUT2D eigenvalue weighted by atomic mass is 10.0. The van der Waals surface area contributed by atoms with Gasteiger partial charge in [-0.25, -0.2) is 4.98 Å². The van der Waals surface area contributed by atoms with E-state index in [1.165, 1.54) is 5.56 Å². The first-order chi connectivity index (χ1) is 10.1. The molecule has 1 atom stereocenters. The average Bonchev–Trinajstić information content (AvgIpc) is 2.85. The van der Waals surface area contributed by atoms with E-state index in [0.29, 0.717) is 6.54 Å². The number of nitrogens with two attached hydrogens (primary N) is 1. The van der Waals surface area contributed by atoms with Crippen LogP contribution >= 0.6 is 11.6 Å². The van der Waals surface area contributed by atoms with Gasteiger partial charge in [0.15, 0.2) is 0 Å². The fraction of sp³-hybridized carbons (Fsp3) is 0.235. The van der Waals surface area contributed by atoms with Gasteiger partial charge in [-0.2, -0.15) is 0 Å². The molecule has 0 saturated carbocycles. The standard InChI is InChI=1S/C17H18ClN3/c1-11-7-8-21-15(9-11)20-16(17(21)12(2)10-19)13-3-5-14(18)6-4-13/h3-9,12H,10,19H2,1-2H3. The lowest BCUT2D eigenvalue weighted by Gasteiger charge is -2.11. The zero-order chi connectivity index (χ0) is 15.0. The Morgan fingerprint density at radius 3 is 2.62 bits per heavy atom. The number of aromatic nitrogens is 2. The first kappa shape index (κ1) is 14.1. The van der Waals surface area contributed by atoms with E-state index in [1.807, 2.05) is 24.3 Å². The molecule has 0 amide bonds. The van der Waals surface area contributed by atoms with Crippen LogP contribution in [-0.4, -0.2) is 15.9 Å². The van der Waals surface area contributed by atoms with Gasteiger partial charge < -0.3 is 10.1 Å². The maximum atomic E-state index is 5.98. The van der Waals surface area contributed by atoms with E-state index >= 15 is 0 Å². The molecule has 2 aromatic heterocycles.